The molecule has 1 amide bonds. The molecular weight excluding hydrogens is 404 g/mol. The summed E-state index contributed by atoms with van der Waals surface area (Å²) in [5.74, 6) is 2.61. The van der Waals surface area contributed by atoms with Crippen molar-refractivity contribution in [2.24, 2.45) is 5.92 Å². The van der Waals surface area contributed by atoms with E-state index in [1.165, 1.54) is 0 Å². The molecule has 3 atom stereocenters. The number of amides is 1. The molecule has 1 saturated carbocycles. The number of hydrogen-bond donors (Lipinski definition) is 0. The molecular formula is C25H28N4O3. The van der Waals surface area contributed by atoms with Crippen LogP contribution in [0.1, 0.15) is 49.3 Å². The van der Waals surface area contributed by atoms with E-state index in [-0.39, 0.29) is 11.8 Å². The summed E-state index contributed by atoms with van der Waals surface area (Å²) in [6.45, 7) is 3.77. The summed E-state index contributed by atoms with van der Waals surface area (Å²) in [6.07, 6.45) is 6.62. The molecule has 2 fully saturated rings. The van der Waals surface area contributed by atoms with Gasteiger partial charge in [0.25, 0.3) is 0 Å². The lowest BCUT2D eigenvalue weighted by Gasteiger charge is -2.32. The van der Waals surface area contributed by atoms with Gasteiger partial charge in [-0.3, -0.25) is 14.8 Å². The standard InChI is InChI=1S/C25H28N4O3/c1-16(30)29-10-4-5-17(14-29)21-12-24-23(6-3-9-26-24)28-25(21)32-15-18-11-20(18)22-8-7-19(31-2)13-27-22/h3,6-9,12-13,17-18,20H,4-5,10-11,14-15H2,1-2H3/t17?,18-,20?/m1/s1. The monoisotopic (exact) mass is 432 g/mol. The van der Waals surface area contributed by atoms with Crippen molar-refractivity contribution < 1.29 is 14.3 Å². The third-order valence-corrected chi connectivity index (χ3v) is 6.62. The van der Waals surface area contributed by atoms with E-state index < -0.39 is 0 Å². The Morgan fingerprint density at radius 3 is 2.91 bits per heavy atom. The highest BCUT2D eigenvalue weighted by molar-refractivity contribution is 5.76. The molecule has 1 aliphatic carbocycles. The van der Waals surface area contributed by atoms with Gasteiger partial charge in [-0.1, -0.05) is 0 Å². The van der Waals surface area contributed by atoms with Gasteiger partial charge in [0.15, 0.2) is 0 Å². The summed E-state index contributed by atoms with van der Waals surface area (Å²) in [7, 11) is 1.65. The summed E-state index contributed by atoms with van der Waals surface area (Å²) in [5, 5.41) is 0. The van der Waals surface area contributed by atoms with Gasteiger partial charge in [0.1, 0.15) is 5.75 Å². The third kappa shape index (κ3) is 4.24. The summed E-state index contributed by atoms with van der Waals surface area (Å²) in [6, 6.07) is 9.94. The zero-order chi connectivity index (χ0) is 22.1. The van der Waals surface area contributed by atoms with Crippen LogP contribution in [0.15, 0.2) is 42.7 Å². The highest BCUT2D eigenvalue weighted by atomic mass is 16.5. The number of ether oxygens (including phenoxy) is 2. The first-order valence-electron chi connectivity index (χ1n) is 11.3. The van der Waals surface area contributed by atoms with Crippen LogP contribution in [0.2, 0.25) is 0 Å². The first-order chi connectivity index (χ1) is 15.6. The van der Waals surface area contributed by atoms with Crippen LogP contribution in [0.5, 0.6) is 11.6 Å². The van der Waals surface area contributed by atoms with Gasteiger partial charge in [0, 0.05) is 55.2 Å². The van der Waals surface area contributed by atoms with E-state index >= 15 is 0 Å². The van der Waals surface area contributed by atoms with E-state index in [0.717, 1.165) is 53.8 Å². The fourth-order valence-electron chi connectivity index (χ4n) is 4.63. The highest BCUT2D eigenvalue weighted by Gasteiger charge is 2.40. The van der Waals surface area contributed by atoms with Crippen molar-refractivity contribution in [2.75, 3.05) is 26.8 Å². The molecule has 2 unspecified atom stereocenters. The second-order valence-corrected chi connectivity index (χ2v) is 8.76. The second-order valence-electron chi connectivity index (χ2n) is 8.76. The SMILES string of the molecule is COc1ccc(C2C[C@@H]2COc2nc3cccnc3cc2C2CCCN(C(C)=O)C2)nc1. The van der Waals surface area contributed by atoms with Gasteiger partial charge in [0.05, 0.1) is 30.9 Å². The maximum atomic E-state index is 12.0. The normalized spacial score (nSPS) is 22.6. The van der Waals surface area contributed by atoms with E-state index in [0.29, 0.717) is 30.9 Å². The molecule has 1 aliphatic heterocycles. The minimum absolute atomic E-state index is 0.122. The molecule has 1 saturated heterocycles. The van der Waals surface area contributed by atoms with Gasteiger partial charge in [-0.2, -0.15) is 0 Å². The molecule has 7 nitrogen and oxygen atoms in total. The number of carbonyl (C=O) groups excluding carboxylic acids is 1. The van der Waals surface area contributed by atoms with Crippen molar-refractivity contribution in [3.05, 3.63) is 54.0 Å². The maximum Gasteiger partial charge on any atom is 0.219 e. The molecule has 0 radical (unpaired) electrons. The van der Waals surface area contributed by atoms with Gasteiger partial charge in [-0.25, -0.2) is 4.98 Å². The zero-order valence-electron chi connectivity index (χ0n) is 18.5. The molecule has 2 aliphatic rings. The quantitative estimate of drug-likeness (QED) is 0.587. The van der Waals surface area contributed by atoms with Gasteiger partial charge in [-0.05, 0) is 49.6 Å². The summed E-state index contributed by atoms with van der Waals surface area (Å²) in [5.41, 5.74) is 3.83. The number of fused-ring (bicyclic) bond motifs is 1. The van der Waals surface area contributed by atoms with Crippen LogP contribution < -0.4 is 9.47 Å². The van der Waals surface area contributed by atoms with Gasteiger partial charge >= 0.3 is 0 Å². The van der Waals surface area contributed by atoms with Gasteiger partial charge in [0.2, 0.25) is 11.8 Å². The fourth-order valence-corrected chi connectivity index (χ4v) is 4.63. The predicted molar refractivity (Wildman–Crippen MR) is 121 cm³/mol. The minimum Gasteiger partial charge on any atom is -0.495 e. The molecule has 3 aromatic rings. The second kappa shape index (κ2) is 8.73. The molecule has 4 heterocycles. The highest BCUT2D eigenvalue weighted by Crippen LogP contribution is 2.47. The van der Waals surface area contributed by atoms with E-state index in [4.69, 9.17) is 14.5 Å². The van der Waals surface area contributed by atoms with Crippen molar-refractivity contribution >= 4 is 16.9 Å². The molecule has 32 heavy (non-hydrogen) atoms. The molecule has 0 N–H and O–H groups in total. The van der Waals surface area contributed by atoms with Crippen LogP contribution >= 0.6 is 0 Å². The van der Waals surface area contributed by atoms with E-state index in [1.54, 1.807) is 26.4 Å². The van der Waals surface area contributed by atoms with Crippen molar-refractivity contribution in [3.63, 3.8) is 0 Å². The molecule has 0 spiro atoms. The Hall–Kier alpha value is -3.22. The maximum absolute atomic E-state index is 12.0. The Balaban J connectivity index is 1.34. The number of piperidine rings is 1. The number of pyridine rings is 3. The summed E-state index contributed by atoms with van der Waals surface area (Å²) in [4.78, 5) is 27.7. The van der Waals surface area contributed by atoms with Crippen LogP contribution in [0.3, 0.4) is 0 Å². The molecule has 5 rings (SSSR count). The van der Waals surface area contributed by atoms with Gasteiger partial charge in [-0.15, -0.1) is 0 Å². The number of likely N-dealkylation sites (tertiary alicyclic amines) is 1. The summed E-state index contributed by atoms with van der Waals surface area (Å²) < 4.78 is 11.5. The van der Waals surface area contributed by atoms with Crippen molar-refractivity contribution in [3.8, 4) is 11.6 Å². The first-order valence-corrected chi connectivity index (χ1v) is 11.3. The fraction of sp³-hybridized carbons (Fsp3) is 0.440. The number of nitrogens with zero attached hydrogens (tertiary/aromatic N) is 4. The number of hydrogen-bond acceptors (Lipinski definition) is 6. The Labute approximate surface area is 187 Å². The number of aromatic nitrogens is 3. The lowest BCUT2D eigenvalue weighted by molar-refractivity contribution is -0.130. The number of carbonyl (C=O) groups is 1. The van der Waals surface area contributed by atoms with E-state index in [9.17, 15) is 4.79 Å². The lowest BCUT2D eigenvalue weighted by Crippen LogP contribution is -2.37. The zero-order valence-corrected chi connectivity index (χ0v) is 18.5. The topological polar surface area (TPSA) is 77.4 Å². The summed E-state index contributed by atoms with van der Waals surface area (Å²) >= 11 is 0. The predicted octanol–water partition coefficient (Wildman–Crippen LogP) is 3.94. The van der Waals surface area contributed by atoms with Crippen molar-refractivity contribution in [2.45, 2.75) is 38.0 Å². The van der Waals surface area contributed by atoms with E-state index in [2.05, 4.69) is 16.0 Å². The molecule has 3 aromatic heterocycles. The Morgan fingerprint density at radius 1 is 1.22 bits per heavy atom. The smallest absolute Gasteiger partial charge is 0.219 e. The Kier molecular flexibility index (Phi) is 5.64. The van der Waals surface area contributed by atoms with Crippen LogP contribution in [0, 0.1) is 5.92 Å². The van der Waals surface area contributed by atoms with E-state index in [1.807, 2.05) is 29.2 Å². The van der Waals surface area contributed by atoms with Crippen molar-refractivity contribution in [1.82, 2.24) is 19.9 Å². The first kappa shape index (κ1) is 20.7. The number of rotatable bonds is 6. The lowest BCUT2D eigenvalue weighted by atomic mass is 9.91. The average Bonchev–Trinajstić information content (AvgIpc) is 3.62. The van der Waals surface area contributed by atoms with Crippen molar-refractivity contribution in [1.29, 1.82) is 0 Å². The van der Waals surface area contributed by atoms with Crippen LogP contribution in [-0.2, 0) is 4.79 Å². The number of methoxy groups -OCH3 is 1. The minimum atomic E-state index is 0.122. The largest absolute Gasteiger partial charge is 0.495 e. The molecule has 7 heteroatoms. The molecule has 0 bridgehead atoms. The Morgan fingerprint density at radius 2 is 2.12 bits per heavy atom. The molecule has 166 valence electrons. The average molecular weight is 433 g/mol. The van der Waals surface area contributed by atoms with Crippen LogP contribution in [0.4, 0.5) is 0 Å². The molecule has 0 aromatic carbocycles. The Bertz CT molecular complexity index is 1120. The third-order valence-electron chi connectivity index (χ3n) is 6.62. The van der Waals surface area contributed by atoms with Crippen LogP contribution in [0.25, 0.3) is 11.0 Å². The van der Waals surface area contributed by atoms with Gasteiger partial charge < -0.3 is 14.4 Å². The van der Waals surface area contributed by atoms with Crippen LogP contribution in [-0.4, -0.2) is 52.6 Å².